The van der Waals surface area contributed by atoms with Crippen molar-refractivity contribution in [1.82, 2.24) is 4.57 Å². The molecular formula is C13H14BrNO2. The van der Waals surface area contributed by atoms with Crippen molar-refractivity contribution in [3.8, 4) is 0 Å². The van der Waals surface area contributed by atoms with E-state index < -0.39 is 6.09 Å². The lowest BCUT2D eigenvalue weighted by Crippen LogP contribution is -2.21. The Hall–Kier alpha value is -1.29. The quantitative estimate of drug-likeness (QED) is 0.790. The normalized spacial score (nSPS) is 12.0. The van der Waals surface area contributed by atoms with Crippen LogP contribution in [0.25, 0.3) is 10.8 Å². The summed E-state index contributed by atoms with van der Waals surface area (Å²) in [7, 11) is 0. The summed E-state index contributed by atoms with van der Waals surface area (Å²) >= 11 is 3.40. The third kappa shape index (κ3) is 2.09. The molecule has 0 amide bonds. The van der Waals surface area contributed by atoms with Gasteiger partial charge in [-0.05, 0) is 12.1 Å². The van der Waals surface area contributed by atoms with E-state index in [9.17, 15) is 9.90 Å². The molecule has 4 heteroatoms. The summed E-state index contributed by atoms with van der Waals surface area (Å²) in [5.74, 6) is 0. The van der Waals surface area contributed by atoms with E-state index >= 15 is 0 Å². The van der Waals surface area contributed by atoms with Crippen LogP contribution >= 0.6 is 15.9 Å². The van der Waals surface area contributed by atoms with Crippen LogP contribution < -0.4 is 0 Å². The van der Waals surface area contributed by atoms with Crippen molar-refractivity contribution < 1.29 is 9.90 Å². The van der Waals surface area contributed by atoms with Gasteiger partial charge in [0, 0.05) is 32.6 Å². The fourth-order valence-electron chi connectivity index (χ4n) is 2.11. The Labute approximate surface area is 108 Å². The molecule has 0 atom stereocenters. The van der Waals surface area contributed by atoms with Gasteiger partial charge in [-0.15, -0.1) is 0 Å². The zero-order valence-electron chi connectivity index (χ0n) is 9.99. The molecule has 0 unspecified atom stereocenters. The summed E-state index contributed by atoms with van der Waals surface area (Å²) < 4.78 is 2.27. The average Bonchev–Trinajstić information content (AvgIpc) is 2.55. The lowest BCUT2D eigenvalue weighted by atomic mass is 9.89. The third-order valence-electron chi connectivity index (χ3n) is 2.69. The van der Waals surface area contributed by atoms with Crippen LogP contribution in [0.3, 0.4) is 0 Å². The molecule has 1 heterocycles. The van der Waals surface area contributed by atoms with Gasteiger partial charge in [-0.3, -0.25) is 4.57 Å². The summed E-state index contributed by atoms with van der Waals surface area (Å²) in [5, 5.41) is 11.2. The molecule has 0 aliphatic heterocycles. The van der Waals surface area contributed by atoms with Gasteiger partial charge in [0.05, 0.1) is 0 Å². The Morgan fingerprint density at radius 2 is 2.00 bits per heavy atom. The molecule has 2 rings (SSSR count). The van der Waals surface area contributed by atoms with Crippen molar-refractivity contribution in [3.05, 3.63) is 34.6 Å². The van der Waals surface area contributed by atoms with Gasteiger partial charge < -0.3 is 5.11 Å². The fourth-order valence-corrected chi connectivity index (χ4v) is 2.48. The summed E-state index contributed by atoms with van der Waals surface area (Å²) in [6, 6.07) is 5.83. The maximum absolute atomic E-state index is 11.3. The first-order valence-electron chi connectivity index (χ1n) is 5.35. The molecule has 0 radical (unpaired) electrons. The molecule has 0 saturated carbocycles. The Bertz CT molecular complexity index is 593. The van der Waals surface area contributed by atoms with E-state index in [4.69, 9.17) is 0 Å². The molecule has 0 bridgehead atoms. The monoisotopic (exact) mass is 295 g/mol. The molecule has 17 heavy (non-hydrogen) atoms. The van der Waals surface area contributed by atoms with Crippen LogP contribution in [0, 0.1) is 0 Å². The number of benzene rings is 1. The first kappa shape index (κ1) is 12.2. The van der Waals surface area contributed by atoms with E-state index in [1.165, 1.54) is 4.57 Å². The Morgan fingerprint density at radius 3 is 2.53 bits per heavy atom. The van der Waals surface area contributed by atoms with Gasteiger partial charge >= 0.3 is 6.09 Å². The molecule has 1 N–H and O–H groups in total. The zero-order chi connectivity index (χ0) is 12.8. The van der Waals surface area contributed by atoms with Crippen molar-refractivity contribution in [2.45, 2.75) is 26.2 Å². The maximum atomic E-state index is 11.3. The molecular weight excluding hydrogens is 282 g/mol. The number of carboxylic acid groups (broad SMARTS) is 1. The number of rotatable bonds is 0. The number of nitrogens with zero attached hydrogens (tertiary/aromatic N) is 1. The molecule has 1 aromatic heterocycles. The van der Waals surface area contributed by atoms with Crippen molar-refractivity contribution in [2.75, 3.05) is 0 Å². The molecule has 90 valence electrons. The van der Waals surface area contributed by atoms with Gasteiger partial charge in [0.2, 0.25) is 0 Å². The molecule has 3 nitrogen and oxygen atoms in total. The van der Waals surface area contributed by atoms with Crippen LogP contribution in [0.15, 0.2) is 28.9 Å². The minimum atomic E-state index is -0.942. The van der Waals surface area contributed by atoms with E-state index in [1.54, 1.807) is 6.20 Å². The topological polar surface area (TPSA) is 42.2 Å². The van der Waals surface area contributed by atoms with Crippen LogP contribution in [0.4, 0.5) is 4.79 Å². The van der Waals surface area contributed by atoms with E-state index in [0.717, 1.165) is 20.9 Å². The van der Waals surface area contributed by atoms with E-state index in [1.807, 2.05) is 39.0 Å². The zero-order valence-corrected chi connectivity index (χ0v) is 11.6. The highest BCUT2D eigenvalue weighted by Crippen LogP contribution is 2.33. The number of hydrogen-bond acceptors (Lipinski definition) is 1. The Morgan fingerprint density at radius 1 is 1.35 bits per heavy atom. The number of hydrogen-bond donors (Lipinski definition) is 1. The van der Waals surface area contributed by atoms with Crippen LogP contribution in [0.5, 0.6) is 0 Å². The first-order valence-corrected chi connectivity index (χ1v) is 6.14. The average molecular weight is 296 g/mol. The number of aromatic nitrogens is 1. The predicted molar refractivity (Wildman–Crippen MR) is 71.8 cm³/mol. The lowest BCUT2D eigenvalue weighted by molar-refractivity contribution is 0.194. The lowest BCUT2D eigenvalue weighted by Gasteiger charge is -2.20. The van der Waals surface area contributed by atoms with Gasteiger partial charge in [-0.25, -0.2) is 4.79 Å². The molecule has 0 saturated heterocycles. The Balaban J connectivity index is 2.86. The van der Waals surface area contributed by atoms with Crippen molar-refractivity contribution in [1.29, 1.82) is 0 Å². The minimum Gasteiger partial charge on any atom is -0.464 e. The molecule has 2 aromatic rings. The van der Waals surface area contributed by atoms with Gasteiger partial charge in [0.25, 0.3) is 0 Å². The van der Waals surface area contributed by atoms with Crippen molar-refractivity contribution >= 4 is 32.8 Å². The van der Waals surface area contributed by atoms with Crippen LogP contribution in [0.1, 0.15) is 26.5 Å². The smallest absolute Gasteiger partial charge is 0.415 e. The number of fused-ring (bicyclic) bond motifs is 1. The van der Waals surface area contributed by atoms with Crippen LogP contribution in [-0.4, -0.2) is 15.8 Å². The fraction of sp³-hybridized carbons (Fsp3) is 0.308. The highest BCUT2D eigenvalue weighted by Gasteiger charge is 2.24. The number of carbonyl (C=O) groups is 1. The van der Waals surface area contributed by atoms with E-state index in [0.29, 0.717) is 0 Å². The molecule has 0 aliphatic rings. The predicted octanol–water partition coefficient (Wildman–Crippen LogP) is 4.23. The Kier molecular flexibility index (Phi) is 2.78. The second-order valence-electron chi connectivity index (χ2n) is 5.11. The maximum Gasteiger partial charge on any atom is 0.415 e. The molecule has 0 fully saturated rings. The van der Waals surface area contributed by atoms with Crippen molar-refractivity contribution in [2.24, 2.45) is 0 Å². The second kappa shape index (κ2) is 3.88. The largest absolute Gasteiger partial charge is 0.464 e. The van der Waals surface area contributed by atoms with E-state index in [2.05, 4.69) is 15.9 Å². The van der Waals surface area contributed by atoms with Crippen LogP contribution in [-0.2, 0) is 5.41 Å². The van der Waals surface area contributed by atoms with Gasteiger partial charge in [0.1, 0.15) is 0 Å². The summed E-state index contributed by atoms with van der Waals surface area (Å²) in [6.07, 6.45) is 0.727. The minimum absolute atomic E-state index is 0.214. The highest BCUT2D eigenvalue weighted by atomic mass is 79.9. The highest BCUT2D eigenvalue weighted by molar-refractivity contribution is 9.10. The molecule has 0 aliphatic carbocycles. The van der Waals surface area contributed by atoms with Gasteiger partial charge in [-0.2, -0.15) is 0 Å². The molecule has 1 aromatic carbocycles. The van der Waals surface area contributed by atoms with Crippen molar-refractivity contribution in [3.63, 3.8) is 0 Å². The summed E-state index contributed by atoms with van der Waals surface area (Å²) in [6.45, 7) is 6.05. The SMILES string of the molecule is CC(C)(C)c1c2ccc(Br)cc2cn1C(=O)O. The number of halogens is 1. The van der Waals surface area contributed by atoms with Crippen LogP contribution in [0.2, 0.25) is 0 Å². The first-order chi connectivity index (χ1) is 7.80. The van der Waals surface area contributed by atoms with Gasteiger partial charge in [0.15, 0.2) is 0 Å². The van der Waals surface area contributed by atoms with E-state index in [-0.39, 0.29) is 5.41 Å². The summed E-state index contributed by atoms with van der Waals surface area (Å²) in [5.41, 5.74) is 0.612. The third-order valence-corrected chi connectivity index (χ3v) is 3.19. The summed E-state index contributed by atoms with van der Waals surface area (Å²) in [4.78, 5) is 11.3. The molecule has 0 spiro atoms. The van der Waals surface area contributed by atoms with Gasteiger partial charge in [-0.1, -0.05) is 42.8 Å². The standard InChI is InChI=1S/C13H14BrNO2/c1-13(2,3)11-10-5-4-9(14)6-8(10)7-15(11)12(16)17/h4-7H,1-3H3,(H,16,17). The second-order valence-corrected chi connectivity index (χ2v) is 6.03.